The number of hydrogen-bond acceptors (Lipinski definition) is 7. The molecule has 1 aliphatic rings. The predicted molar refractivity (Wildman–Crippen MR) is 113 cm³/mol. The van der Waals surface area contributed by atoms with Crippen molar-refractivity contribution in [2.24, 2.45) is 0 Å². The zero-order valence-corrected chi connectivity index (χ0v) is 18.7. The molecule has 0 aromatic heterocycles. The van der Waals surface area contributed by atoms with E-state index in [4.69, 9.17) is 25.8 Å². The van der Waals surface area contributed by atoms with Gasteiger partial charge in [-0.3, -0.25) is 4.79 Å². The number of fused-ring (bicyclic) bond motifs is 1. The lowest BCUT2D eigenvalue weighted by Gasteiger charge is -2.20. The first-order valence-electron chi connectivity index (χ1n) is 9.19. The summed E-state index contributed by atoms with van der Waals surface area (Å²) in [5.41, 5.74) is 0.903. The Kier molecular flexibility index (Phi) is 6.73. The van der Waals surface area contributed by atoms with Gasteiger partial charge in [0.2, 0.25) is 10.0 Å². The maximum atomic E-state index is 12.4. The predicted octanol–water partition coefficient (Wildman–Crippen LogP) is 2.47. The van der Waals surface area contributed by atoms with Gasteiger partial charge in [0.25, 0.3) is 5.91 Å². The number of nitrogens with one attached hydrogen (secondary N) is 1. The molecule has 1 amide bonds. The van der Waals surface area contributed by atoms with Crippen molar-refractivity contribution in [1.82, 2.24) is 4.31 Å². The molecular weight excluding hydrogens is 448 g/mol. The van der Waals surface area contributed by atoms with E-state index in [1.807, 2.05) is 0 Å². The van der Waals surface area contributed by atoms with E-state index in [0.29, 0.717) is 30.3 Å². The topological polar surface area (TPSA) is 111 Å². The Bertz CT molecular complexity index is 1130. The number of nitrogens with zero attached hydrogens (tertiary/aromatic N) is 1. The van der Waals surface area contributed by atoms with Crippen LogP contribution in [0.25, 0.3) is 0 Å². The number of sulfonamides is 1. The van der Waals surface area contributed by atoms with Gasteiger partial charge in [0, 0.05) is 19.8 Å². The summed E-state index contributed by atoms with van der Waals surface area (Å²) >= 11 is 6.10. The van der Waals surface area contributed by atoms with E-state index in [1.54, 1.807) is 19.1 Å². The third-order valence-corrected chi connectivity index (χ3v) is 6.64. The van der Waals surface area contributed by atoms with Crippen molar-refractivity contribution in [1.29, 1.82) is 0 Å². The maximum absolute atomic E-state index is 12.4. The number of anilines is 1. The third kappa shape index (κ3) is 5.09. The van der Waals surface area contributed by atoms with Crippen molar-refractivity contribution in [2.75, 3.05) is 39.2 Å². The molecule has 9 nitrogen and oxygen atoms in total. The normalized spacial score (nSPS) is 13.1. The number of benzene rings is 2. The second kappa shape index (κ2) is 9.13. The minimum absolute atomic E-state index is 0.0678. The number of amides is 1. The van der Waals surface area contributed by atoms with Gasteiger partial charge in [-0.15, -0.1) is 0 Å². The highest BCUT2D eigenvalue weighted by Gasteiger charge is 2.22. The van der Waals surface area contributed by atoms with Crippen LogP contribution in [-0.2, 0) is 19.6 Å². The van der Waals surface area contributed by atoms with Crippen molar-refractivity contribution in [3.8, 4) is 11.5 Å². The molecule has 0 fully saturated rings. The minimum atomic E-state index is -3.68. The summed E-state index contributed by atoms with van der Waals surface area (Å²) in [5.74, 6) is -0.725. The Balaban J connectivity index is 1.66. The minimum Gasteiger partial charge on any atom is -0.486 e. The van der Waals surface area contributed by atoms with Gasteiger partial charge in [-0.05, 0) is 36.8 Å². The van der Waals surface area contributed by atoms with Crippen molar-refractivity contribution >= 4 is 39.2 Å². The van der Waals surface area contributed by atoms with Gasteiger partial charge in [0.1, 0.15) is 13.2 Å². The molecule has 0 radical (unpaired) electrons. The molecule has 2 aromatic carbocycles. The van der Waals surface area contributed by atoms with E-state index < -0.39 is 28.5 Å². The van der Waals surface area contributed by atoms with E-state index in [9.17, 15) is 18.0 Å². The van der Waals surface area contributed by atoms with Gasteiger partial charge in [0.15, 0.2) is 18.1 Å². The van der Waals surface area contributed by atoms with Crippen molar-refractivity contribution in [3.05, 3.63) is 46.5 Å². The quantitative estimate of drug-likeness (QED) is 0.648. The van der Waals surface area contributed by atoms with Crippen LogP contribution < -0.4 is 14.8 Å². The lowest BCUT2D eigenvalue weighted by molar-refractivity contribution is -0.119. The first kappa shape index (κ1) is 22.9. The first-order chi connectivity index (χ1) is 14.6. The molecule has 0 atom stereocenters. The first-order valence-corrected chi connectivity index (χ1v) is 11.0. The van der Waals surface area contributed by atoms with Gasteiger partial charge in [-0.1, -0.05) is 17.7 Å². The molecule has 11 heteroatoms. The Morgan fingerprint density at radius 2 is 1.87 bits per heavy atom. The fourth-order valence-electron chi connectivity index (χ4n) is 2.79. The molecule has 0 saturated heterocycles. The lowest BCUT2D eigenvalue weighted by Crippen LogP contribution is -2.24. The second-order valence-corrected chi connectivity index (χ2v) is 9.40. The Morgan fingerprint density at radius 3 is 2.58 bits per heavy atom. The fourth-order valence-corrected chi connectivity index (χ4v) is 4.20. The van der Waals surface area contributed by atoms with Gasteiger partial charge in [-0.25, -0.2) is 17.5 Å². The number of aryl methyl sites for hydroxylation is 1. The van der Waals surface area contributed by atoms with Crippen LogP contribution in [0.5, 0.6) is 11.5 Å². The Morgan fingerprint density at radius 1 is 1.16 bits per heavy atom. The lowest BCUT2D eigenvalue weighted by atomic mass is 10.2. The molecule has 0 saturated carbocycles. The van der Waals surface area contributed by atoms with Gasteiger partial charge < -0.3 is 19.5 Å². The molecule has 0 bridgehead atoms. The van der Waals surface area contributed by atoms with Crippen LogP contribution in [0.3, 0.4) is 0 Å². The molecule has 0 spiro atoms. The monoisotopic (exact) mass is 468 g/mol. The number of carbonyl (C=O) groups excluding carboxylic acids is 2. The summed E-state index contributed by atoms with van der Waals surface area (Å²) in [7, 11) is -0.837. The maximum Gasteiger partial charge on any atom is 0.338 e. The van der Waals surface area contributed by atoms with Crippen LogP contribution in [0.2, 0.25) is 5.02 Å². The van der Waals surface area contributed by atoms with Crippen molar-refractivity contribution < 1.29 is 32.2 Å². The standard InChI is InChI=1S/C20H21ClN2O7S/c1-12-4-5-14(10-17(12)31(26,27)23(2)3)22-18(24)11-30-20(25)13-8-15(21)19-16(9-13)28-6-7-29-19/h4-5,8-10H,6-7,11H2,1-3H3,(H,22,24). The molecule has 2 aromatic rings. The number of rotatable bonds is 6. The average Bonchev–Trinajstić information content (AvgIpc) is 2.73. The van der Waals surface area contributed by atoms with Crippen LogP contribution in [0.1, 0.15) is 15.9 Å². The van der Waals surface area contributed by atoms with Crippen molar-refractivity contribution in [3.63, 3.8) is 0 Å². The number of hydrogen-bond donors (Lipinski definition) is 1. The van der Waals surface area contributed by atoms with E-state index in [-0.39, 0.29) is 21.2 Å². The molecule has 3 rings (SSSR count). The van der Waals surface area contributed by atoms with Gasteiger partial charge in [-0.2, -0.15) is 0 Å². The molecular formula is C20H21ClN2O7S. The molecule has 1 N–H and O–H groups in total. The van der Waals surface area contributed by atoms with E-state index >= 15 is 0 Å². The summed E-state index contributed by atoms with van der Waals surface area (Å²) in [6, 6.07) is 7.29. The molecule has 166 valence electrons. The van der Waals surface area contributed by atoms with E-state index in [0.717, 1.165) is 4.31 Å². The number of esters is 1. The highest BCUT2D eigenvalue weighted by Crippen LogP contribution is 2.38. The molecule has 1 heterocycles. The summed E-state index contributed by atoms with van der Waals surface area (Å²) in [4.78, 5) is 24.6. The molecule has 0 unspecified atom stereocenters. The average molecular weight is 469 g/mol. The fraction of sp³-hybridized carbons (Fsp3) is 0.300. The number of ether oxygens (including phenoxy) is 3. The van der Waals surface area contributed by atoms with E-state index in [2.05, 4.69) is 5.32 Å². The molecule has 31 heavy (non-hydrogen) atoms. The van der Waals surface area contributed by atoms with Crippen LogP contribution in [0.15, 0.2) is 35.2 Å². The zero-order valence-electron chi connectivity index (χ0n) is 17.1. The summed E-state index contributed by atoms with van der Waals surface area (Å²) in [6.07, 6.45) is 0. The highest BCUT2D eigenvalue weighted by molar-refractivity contribution is 7.89. The third-order valence-electron chi connectivity index (χ3n) is 4.40. The number of carbonyl (C=O) groups is 2. The van der Waals surface area contributed by atoms with E-state index in [1.165, 1.54) is 32.3 Å². The Labute approximate surface area is 184 Å². The van der Waals surface area contributed by atoms with Crippen LogP contribution in [-0.4, -0.2) is 58.5 Å². The van der Waals surface area contributed by atoms with Crippen LogP contribution in [0, 0.1) is 6.92 Å². The van der Waals surface area contributed by atoms with Crippen LogP contribution >= 0.6 is 11.6 Å². The highest BCUT2D eigenvalue weighted by atomic mass is 35.5. The number of halogens is 1. The van der Waals surface area contributed by atoms with Crippen molar-refractivity contribution in [2.45, 2.75) is 11.8 Å². The zero-order chi connectivity index (χ0) is 22.8. The summed E-state index contributed by atoms with van der Waals surface area (Å²) in [5, 5.41) is 2.72. The second-order valence-electron chi connectivity index (χ2n) is 6.87. The summed E-state index contributed by atoms with van der Waals surface area (Å²) in [6.45, 7) is 1.76. The van der Waals surface area contributed by atoms with Gasteiger partial charge in [0.05, 0.1) is 15.5 Å². The van der Waals surface area contributed by atoms with Crippen LogP contribution in [0.4, 0.5) is 5.69 Å². The summed E-state index contributed by atoms with van der Waals surface area (Å²) < 4.78 is 41.7. The smallest absolute Gasteiger partial charge is 0.338 e. The molecule has 1 aliphatic heterocycles. The largest absolute Gasteiger partial charge is 0.486 e. The van der Waals surface area contributed by atoms with Gasteiger partial charge >= 0.3 is 5.97 Å². The molecule has 0 aliphatic carbocycles. The Hall–Kier alpha value is -2.82. The SMILES string of the molecule is Cc1ccc(NC(=O)COC(=O)c2cc(Cl)c3c(c2)OCCO3)cc1S(=O)(=O)N(C)C.